The topological polar surface area (TPSA) is 77.0 Å². The molecule has 1 unspecified atom stereocenters. The van der Waals surface area contributed by atoms with Gasteiger partial charge in [0.15, 0.2) is 5.69 Å². The minimum Gasteiger partial charge on any atom is -0.387 e. The van der Waals surface area contributed by atoms with Crippen molar-refractivity contribution in [3.05, 3.63) is 41.8 Å². The van der Waals surface area contributed by atoms with Crippen molar-refractivity contribution in [1.29, 1.82) is 0 Å². The average Bonchev–Trinajstić information content (AvgIpc) is 3.15. The highest BCUT2D eigenvalue weighted by Crippen LogP contribution is 2.29. The lowest BCUT2D eigenvalue weighted by Crippen LogP contribution is -2.15. The largest absolute Gasteiger partial charge is 0.387 e. The third kappa shape index (κ3) is 2.19. The Hall–Kier alpha value is -2.54. The number of halogens is 1. The van der Waals surface area contributed by atoms with E-state index in [1.54, 1.807) is 22.9 Å². The van der Waals surface area contributed by atoms with Crippen molar-refractivity contribution >= 4 is 0 Å². The summed E-state index contributed by atoms with van der Waals surface area (Å²) < 4.78 is 19.9. The third-order valence-corrected chi connectivity index (χ3v) is 3.75. The summed E-state index contributed by atoms with van der Waals surface area (Å²) in [5, 5.41) is 18.3. The summed E-state index contributed by atoms with van der Waals surface area (Å²) >= 11 is 0. The van der Waals surface area contributed by atoms with E-state index in [1.807, 2.05) is 0 Å². The van der Waals surface area contributed by atoms with Gasteiger partial charge in [-0.1, -0.05) is 5.16 Å². The maximum Gasteiger partial charge on any atom is 0.278 e. The van der Waals surface area contributed by atoms with E-state index >= 15 is 0 Å². The summed E-state index contributed by atoms with van der Waals surface area (Å²) in [4.78, 5) is 4.29. The molecule has 2 aromatic heterocycles. The van der Waals surface area contributed by atoms with Gasteiger partial charge in [-0.3, -0.25) is 4.68 Å². The molecule has 7 heteroatoms. The van der Waals surface area contributed by atoms with E-state index < -0.39 is 6.10 Å². The molecular weight excluding hydrogens is 287 g/mol. The van der Waals surface area contributed by atoms with Crippen molar-refractivity contribution in [2.24, 2.45) is 0 Å². The molecule has 6 nitrogen and oxygen atoms in total. The van der Waals surface area contributed by atoms with E-state index in [0.717, 1.165) is 25.1 Å². The molecule has 0 saturated heterocycles. The van der Waals surface area contributed by atoms with Gasteiger partial charge >= 0.3 is 0 Å². The number of aliphatic hydroxyl groups excluding tert-OH is 1. The van der Waals surface area contributed by atoms with E-state index in [9.17, 15) is 9.50 Å². The number of aliphatic hydroxyl groups is 1. The number of benzene rings is 1. The lowest BCUT2D eigenvalue weighted by molar-refractivity contribution is 0.135. The van der Waals surface area contributed by atoms with Crippen LogP contribution in [0.1, 0.15) is 24.6 Å². The fraction of sp³-hybridized carbons (Fsp3) is 0.267. The second-order valence-corrected chi connectivity index (χ2v) is 5.27. The Morgan fingerprint density at radius 2 is 2.09 bits per heavy atom. The van der Waals surface area contributed by atoms with E-state index in [-0.39, 0.29) is 11.7 Å². The van der Waals surface area contributed by atoms with Gasteiger partial charge in [0.05, 0.1) is 11.8 Å². The number of aryl methyl sites for hydroxylation is 1. The van der Waals surface area contributed by atoms with Gasteiger partial charge in [-0.05, 0) is 43.2 Å². The van der Waals surface area contributed by atoms with Gasteiger partial charge in [0, 0.05) is 12.1 Å². The second-order valence-electron chi connectivity index (χ2n) is 5.27. The van der Waals surface area contributed by atoms with Gasteiger partial charge in [0.1, 0.15) is 5.82 Å². The van der Waals surface area contributed by atoms with Crippen LogP contribution >= 0.6 is 0 Å². The van der Waals surface area contributed by atoms with E-state index in [1.165, 1.54) is 12.1 Å². The highest BCUT2D eigenvalue weighted by Gasteiger charge is 2.23. The Bertz CT molecular complexity index is 809. The summed E-state index contributed by atoms with van der Waals surface area (Å²) in [5.74, 6) is 0.346. The summed E-state index contributed by atoms with van der Waals surface area (Å²) in [6, 6.07) is 7.64. The number of aromatic nitrogens is 4. The van der Waals surface area contributed by atoms with Gasteiger partial charge in [0.25, 0.3) is 5.89 Å². The highest BCUT2D eigenvalue weighted by atomic mass is 19.1. The average molecular weight is 300 g/mol. The zero-order valence-corrected chi connectivity index (χ0v) is 11.6. The molecule has 0 amide bonds. The molecule has 0 fully saturated rings. The fourth-order valence-electron chi connectivity index (χ4n) is 2.61. The van der Waals surface area contributed by atoms with Crippen molar-refractivity contribution in [2.45, 2.75) is 25.5 Å². The molecule has 22 heavy (non-hydrogen) atoms. The molecule has 112 valence electrons. The predicted molar refractivity (Wildman–Crippen MR) is 75.1 cm³/mol. The van der Waals surface area contributed by atoms with Crippen LogP contribution in [0.2, 0.25) is 0 Å². The van der Waals surface area contributed by atoms with Crippen molar-refractivity contribution < 1.29 is 14.0 Å². The fourth-order valence-corrected chi connectivity index (χ4v) is 2.61. The van der Waals surface area contributed by atoms with Gasteiger partial charge in [-0.15, -0.1) is 0 Å². The van der Waals surface area contributed by atoms with Gasteiger partial charge in [-0.2, -0.15) is 10.1 Å². The Morgan fingerprint density at radius 3 is 2.86 bits per heavy atom. The predicted octanol–water partition coefficient (Wildman–Crippen LogP) is 2.57. The molecule has 0 bridgehead atoms. The summed E-state index contributed by atoms with van der Waals surface area (Å²) in [6.07, 6.45) is 1.12. The number of rotatable bonds is 2. The Balaban J connectivity index is 1.68. The Kier molecular flexibility index (Phi) is 3.00. The molecule has 1 atom stereocenters. The van der Waals surface area contributed by atoms with Crippen LogP contribution in [0.5, 0.6) is 0 Å². The first-order chi connectivity index (χ1) is 10.7. The first-order valence-electron chi connectivity index (χ1n) is 7.06. The molecule has 0 radical (unpaired) electrons. The molecule has 0 aliphatic carbocycles. The van der Waals surface area contributed by atoms with E-state index in [0.29, 0.717) is 17.1 Å². The minimum absolute atomic E-state index is 0.286. The van der Waals surface area contributed by atoms with Crippen LogP contribution in [0.15, 0.2) is 34.9 Å². The van der Waals surface area contributed by atoms with Crippen LogP contribution in [0.3, 0.4) is 0 Å². The lowest BCUT2D eigenvalue weighted by Gasteiger charge is -2.18. The number of nitrogens with zero attached hydrogens (tertiary/aromatic N) is 4. The molecule has 1 aliphatic rings. The highest BCUT2D eigenvalue weighted by molar-refractivity contribution is 5.57. The standard InChI is InChI=1S/C15H13FN4O2/c16-10-5-3-9(4-6-10)14-17-15(22-19-14)11-8-12-13(21)2-1-7-20(12)18-11/h3-6,8,13,21H,1-2,7H2. The van der Waals surface area contributed by atoms with E-state index in [4.69, 9.17) is 4.52 Å². The molecule has 4 rings (SSSR count). The molecule has 3 aromatic rings. The first kappa shape index (κ1) is 13.1. The van der Waals surface area contributed by atoms with Gasteiger partial charge < -0.3 is 9.63 Å². The number of hydrogen-bond acceptors (Lipinski definition) is 5. The third-order valence-electron chi connectivity index (χ3n) is 3.75. The zero-order chi connectivity index (χ0) is 15.1. The summed E-state index contributed by atoms with van der Waals surface area (Å²) in [7, 11) is 0. The molecular formula is C15H13FN4O2. The molecule has 1 aromatic carbocycles. The van der Waals surface area contributed by atoms with Crippen molar-refractivity contribution in [3.8, 4) is 23.0 Å². The Morgan fingerprint density at radius 1 is 1.27 bits per heavy atom. The molecule has 3 heterocycles. The van der Waals surface area contributed by atoms with Crippen molar-refractivity contribution in [1.82, 2.24) is 19.9 Å². The van der Waals surface area contributed by atoms with Gasteiger partial charge in [-0.25, -0.2) is 4.39 Å². The van der Waals surface area contributed by atoms with Crippen LogP contribution in [0.4, 0.5) is 4.39 Å². The maximum atomic E-state index is 12.9. The van der Waals surface area contributed by atoms with Crippen LogP contribution in [0, 0.1) is 5.82 Å². The Labute approximate surface area is 125 Å². The molecule has 0 spiro atoms. The quantitative estimate of drug-likeness (QED) is 0.787. The first-order valence-corrected chi connectivity index (χ1v) is 7.06. The molecule has 1 N–H and O–H groups in total. The SMILES string of the molecule is OC1CCCn2nc(-c3nc(-c4ccc(F)cc4)no3)cc21. The van der Waals surface area contributed by atoms with Crippen LogP contribution in [-0.2, 0) is 6.54 Å². The van der Waals surface area contributed by atoms with E-state index in [2.05, 4.69) is 15.2 Å². The minimum atomic E-state index is -0.505. The number of fused-ring (bicyclic) bond motifs is 1. The smallest absolute Gasteiger partial charge is 0.278 e. The molecule has 0 saturated carbocycles. The lowest BCUT2D eigenvalue weighted by atomic mass is 10.1. The maximum absolute atomic E-state index is 12.9. The zero-order valence-electron chi connectivity index (χ0n) is 11.6. The molecule has 1 aliphatic heterocycles. The van der Waals surface area contributed by atoms with Crippen LogP contribution < -0.4 is 0 Å². The number of hydrogen-bond donors (Lipinski definition) is 1. The van der Waals surface area contributed by atoms with Gasteiger partial charge in [0.2, 0.25) is 5.82 Å². The summed E-state index contributed by atoms with van der Waals surface area (Å²) in [6.45, 7) is 0.769. The van der Waals surface area contributed by atoms with Crippen LogP contribution in [0.25, 0.3) is 23.0 Å². The monoisotopic (exact) mass is 300 g/mol. The normalized spacial score (nSPS) is 17.5. The van der Waals surface area contributed by atoms with Crippen molar-refractivity contribution in [3.63, 3.8) is 0 Å². The summed E-state index contributed by atoms with van der Waals surface area (Å²) in [5.41, 5.74) is 1.97. The second kappa shape index (κ2) is 5.03. The van der Waals surface area contributed by atoms with Crippen molar-refractivity contribution in [2.75, 3.05) is 0 Å². The van der Waals surface area contributed by atoms with Crippen LogP contribution in [-0.4, -0.2) is 25.0 Å².